The van der Waals surface area contributed by atoms with Gasteiger partial charge in [0, 0.05) is 17.8 Å². The van der Waals surface area contributed by atoms with Crippen molar-refractivity contribution in [2.24, 2.45) is 0 Å². The van der Waals surface area contributed by atoms with Crippen molar-refractivity contribution >= 4 is 11.6 Å². The zero-order chi connectivity index (χ0) is 14.8. The van der Waals surface area contributed by atoms with Crippen LogP contribution in [-0.2, 0) is 6.42 Å². The predicted molar refractivity (Wildman–Crippen MR) is 82.3 cm³/mol. The van der Waals surface area contributed by atoms with Crippen LogP contribution in [0.4, 0.5) is 5.69 Å². The molecule has 0 bridgehead atoms. The van der Waals surface area contributed by atoms with Crippen molar-refractivity contribution in [2.45, 2.75) is 19.8 Å². The molecule has 0 saturated carbocycles. The SMILES string of the molecule is Cc1ccc2c(c1)CCCN2C(=O)c1cccc(C#N)c1. The zero-order valence-corrected chi connectivity index (χ0v) is 12.0. The molecule has 1 amide bonds. The normalized spacial score (nSPS) is 13.4. The van der Waals surface area contributed by atoms with Crippen LogP contribution >= 0.6 is 0 Å². The van der Waals surface area contributed by atoms with E-state index in [-0.39, 0.29) is 5.91 Å². The van der Waals surface area contributed by atoms with Crippen LogP contribution in [-0.4, -0.2) is 12.5 Å². The maximum absolute atomic E-state index is 12.7. The summed E-state index contributed by atoms with van der Waals surface area (Å²) in [6.45, 7) is 2.79. The van der Waals surface area contributed by atoms with Gasteiger partial charge in [0.05, 0.1) is 11.6 Å². The van der Waals surface area contributed by atoms with Crippen LogP contribution in [0, 0.1) is 18.3 Å². The standard InChI is InChI=1S/C18H16N2O/c1-13-7-8-17-15(10-13)6-3-9-20(17)18(21)16-5-2-4-14(11-16)12-19/h2,4-5,7-8,10-11H,3,6,9H2,1H3. The Morgan fingerprint density at radius 3 is 2.90 bits per heavy atom. The van der Waals surface area contributed by atoms with Gasteiger partial charge in [-0.2, -0.15) is 5.26 Å². The van der Waals surface area contributed by atoms with Crippen LogP contribution in [0.5, 0.6) is 0 Å². The van der Waals surface area contributed by atoms with Gasteiger partial charge in [-0.15, -0.1) is 0 Å². The van der Waals surface area contributed by atoms with E-state index in [0.717, 1.165) is 25.1 Å². The van der Waals surface area contributed by atoms with Gasteiger partial charge in [-0.05, 0) is 49.6 Å². The first-order valence-corrected chi connectivity index (χ1v) is 7.10. The van der Waals surface area contributed by atoms with E-state index in [1.54, 1.807) is 24.3 Å². The topological polar surface area (TPSA) is 44.1 Å². The molecule has 1 heterocycles. The number of anilines is 1. The average Bonchev–Trinajstić information content (AvgIpc) is 2.53. The van der Waals surface area contributed by atoms with Crippen LogP contribution in [0.3, 0.4) is 0 Å². The number of carbonyl (C=O) groups excluding carboxylic acids is 1. The van der Waals surface area contributed by atoms with Gasteiger partial charge in [-0.1, -0.05) is 23.8 Å². The lowest BCUT2D eigenvalue weighted by Crippen LogP contribution is -2.35. The number of nitrogens with zero attached hydrogens (tertiary/aromatic N) is 2. The molecule has 3 nitrogen and oxygen atoms in total. The number of hydrogen-bond donors (Lipinski definition) is 0. The number of aryl methyl sites for hydroxylation is 2. The minimum absolute atomic E-state index is 0.0306. The van der Waals surface area contributed by atoms with Crippen LogP contribution in [0.2, 0.25) is 0 Å². The quantitative estimate of drug-likeness (QED) is 0.800. The van der Waals surface area contributed by atoms with Crippen molar-refractivity contribution in [1.29, 1.82) is 5.26 Å². The maximum atomic E-state index is 12.7. The molecule has 104 valence electrons. The fourth-order valence-electron chi connectivity index (χ4n) is 2.81. The molecule has 0 N–H and O–H groups in total. The largest absolute Gasteiger partial charge is 0.308 e. The fourth-order valence-corrected chi connectivity index (χ4v) is 2.81. The van der Waals surface area contributed by atoms with Crippen molar-refractivity contribution in [2.75, 3.05) is 11.4 Å². The first-order chi connectivity index (χ1) is 10.2. The summed E-state index contributed by atoms with van der Waals surface area (Å²) in [6, 6.07) is 15.2. The molecule has 1 aliphatic rings. The predicted octanol–water partition coefficient (Wildman–Crippen LogP) is 3.46. The van der Waals surface area contributed by atoms with Crippen molar-refractivity contribution in [3.63, 3.8) is 0 Å². The summed E-state index contributed by atoms with van der Waals surface area (Å²) in [7, 11) is 0. The highest BCUT2D eigenvalue weighted by Gasteiger charge is 2.23. The third-order valence-corrected chi connectivity index (χ3v) is 3.84. The molecule has 0 radical (unpaired) electrons. The highest BCUT2D eigenvalue weighted by molar-refractivity contribution is 6.06. The molecule has 0 fully saturated rings. The van der Waals surface area contributed by atoms with E-state index in [0.29, 0.717) is 11.1 Å². The molecule has 0 saturated heterocycles. The lowest BCUT2D eigenvalue weighted by Gasteiger charge is -2.30. The maximum Gasteiger partial charge on any atom is 0.258 e. The van der Waals surface area contributed by atoms with Gasteiger partial charge < -0.3 is 4.90 Å². The Balaban J connectivity index is 1.98. The number of fused-ring (bicyclic) bond motifs is 1. The van der Waals surface area contributed by atoms with Crippen LogP contribution in [0.15, 0.2) is 42.5 Å². The molecule has 21 heavy (non-hydrogen) atoms. The second-order valence-electron chi connectivity index (χ2n) is 5.39. The lowest BCUT2D eigenvalue weighted by molar-refractivity contribution is 0.0985. The number of rotatable bonds is 1. The Hall–Kier alpha value is -2.60. The molecule has 2 aromatic rings. The fraction of sp³-hybridized carbons (Fsp3) is 0.222. The smallest absolute Gasteiger partial charge is 0.258 e. The number of hydrogen-bond acceptors (Lipinski definition) is 2. The van der Waals surface area contributed by atoms with E-state index < -0.39 is 0 Å². The second kappa shape index (κ2) is 5.41. The molecule has 0 spiro atoms. The third-order valence-electron chi connectivity index (χ3n) is 3.84. The summed E-state index contributed by atoms with van der Waals surface area (Å²) in [5.41, 5.74) is 4.53. The van der Waals surface area contributed by atoms with E-state index in [1.165, 1.54) is 11.1 Å². The molecule has 0 unspecified atom stereocenters. The van der Waals surface area contributed by atoms with Crippen molar-refractivity contribution in [3.8, 4) is 6.07 Å². The zero-order valence-electron chi connectivity index (χ0n) is 12.0. The molecule has 3 rings (SSSR count). The summed E-state index contributed by atoms with van der Waals surface area (Å²) in [6.07, 6.45) is 1.99. The molecule has 0 aromatic heterocycles. The highest BCUT2D eigenvalue weighted by atomic mass is 16.2. The van der Waals surface area contributed by atoms with E-state index >= 15 is 0 Å². The molecule has 3 heteroatoms. The minimum atomic E-state index is -0.0306. The van der Waals surface area contributed by atoms with E-state index in [9.17, 15) is 4.79 Å². The lowest BCUT2D eigenvalue weighted by atomic mass is 9.98. The number of nitriles is 1. The monoisotopic (exact) mass is 276 g/mol. The Kier molecular flexibility index (Phi) is 3.45. The summed E-state index contributed by atoms with van der Waals surface area (Å²) < 4.78 is 0. The first-order valence-electron chi connectivity index (χ1n) is 7.10. The molecular weight excluding hydrogens is 260 g/mol. The van der Waals surface area contributed by atoms with E-state index in [1.807, 2.05) is 17.0 Å². The van der Waals surface area contributed by atoms with Gasteiger partial charge >= 0.3 is 0 Å². The second-order valence-corrected chi connectivity index (χ2v) is 5.39. The molecular formula is C18H16N2O. The Bertz CT molecular complexity index is 743. The van der Waals surface area contributed by atoms with Crippen LogP contribution in [0.1, 0.15) is 33.5 Å². The highest BCUT2D eigenvalue weighted by Crippen LogP contribution is 2.29. The molecule has 2 aromatic carbocycles. The van der Waals surface area contributed by atoms with Gasteiger partial charge in [-0.3, -0.25) is 4.79 Å². The van der Waals surface area contributed by atoms with Crippen molar-refractivity contribution < 1.29 is 4.79 Å². The van der Waals surface area contributed by atoms with Crippen LogP contribution in [0.25, 0.3) is 0 Å². The van der Waals surface area contributed by atoms with Gasteiger partial charge in [0.2, 0.25) is 0 Å². The molecule has 0 aliphatic carbocycles. The summed E-state index contributed by atoms with van der Waals surface area (Å²) >= 11 is 0. The van der Waals surface area contributed by atoms with Gasteiger partial charge in [-0.25, -0.2) is 0 Å². The van der Waals surface area contributed by atoms with E-state index in [4.69, 9.17) is 5.26 Å². The summed E-state index contributed by atoms with van der Waals surface area (Å²) in [5, 5.41) is 8.97. The average molecular weight is 276 g/mol. The third kappa shape index (κ3) is 2.53. The summed E-state index contributed by atoms with van der Waals surface area (Å²) in [4.78, 5) is 14.6. The molecule has 0 atom stereocenters. The van der Waals surface area contributed by atoms with Crippen LogP contribution < -0.4 is 4.90 Å². The van der Waals surface area contributed by atoms with Crippen molar-refractivity contribution in [1.82, 2.24) is 0 Å². The van der Waals surface area contributed by atoms with Gasteiger partial charge in [0.25, 0.3) is 5.91 Å². The van der Waals surface area contributed by atoms with Gasteiger partial charge in [0.1, 0.15) is 0 Å². The summed E-state index contributed by atoms with van der Waals surface area (Å²) in [5.74, 6) is -0.0306. The first kappa shape index (κ1) is 13.4. The van der Waals surface area contributed by atoms with Crippen molar-refractivity contribution in [3.05, 3.63) is 64.7 Å². The van der Waals surface area contributed by atoms with Gasteiger partial charge in [0.15, 0.2) is 0 Å². The van der Waals surface area contributed by atoms with E-state index in [2.05, 4.69) is 19.1 Å². The number of amides is 1. The number of carbonyl (C=O) groups is 1. The Morgan fingerprint density at radius 1 is 1.24 bits per heavy atom. The number of benzene rings is 2. The molecule has 1 aliphatic heterocycles. The Morgan fingerprint density at radius 2 is 2.10 bits per heavy atom. The minimum Gasteiger partial charge on any atom is -0.308 e. The Labute approximate surface area is 124 Å².